The van der Waals surface area contributed by atoms with Crippen LogP contribution in [0.25, 0.3) is 0 Å². The molecule has 3 nitrogen and oxygen atoms in total. The molecule has 1 aliphatic heterocycles. The minimum atomic E-state index is 0.425. The van der Waals surface area contributed by atoms with Crippen molar-refractivity contribution >= 4 is 0 Å². The third kappa shape index (κ3) is 3.59. The lowest BCUT2D eigenvalue weighted by Crippen LogP contribution is -2.20. The van der Waals surface area contributed by atoms with Crippen LogP contribution in [0.15, 0.2) is 18.5 Å². The van der Waals surface area contributed by atoms with Gasteiger partial charge in [0.05, 0.1) is 6.10 Å². The van der Waals surface area contributed by atoms with Crippen LogP contribution in [0.3, 0.4) is 0 Å². The van der Waals surface area contributed by atoms with Gasteiger partial charge in [-0.05, 0) is 37.4 Å². The van der Waals surface area contributed by atoms with Crippen molar-refractivity contribution in [3.63, 3.8) is 0 Å². The molecule has 2 unspecified atom stereocenters. The van der Waals surface area contributed by atoms with Gasteiger partial charge in [-0.2, -0.15) is 0 Å². The summed E-state index contributed by atoms with van der Waals surface area (Å²) in [6, 6.07) is 2.75. The predicted molar refractivity (Wildman–Crippen MR) is 74.7 cm³/mol. The topological polar surface area (TPSA) is 26.2 Å². The number of nitrogens with zero attached hydrogens (tertiary/aromatic N) is 1. The van der Waals surface area contributed by atoms with E-state index in [0.717, 1.165) is 19.7 Å². The van der Waals surface area contributed by atoms with E-state index < -0.39 is 0 Å². The molecule has 2 heterocycles. The molecule has 1 aromatic rings. The Kier molecular flexibility index (Phi) is 5.26. The van der Waals surface area contributed by atoms with Gasteiger partial charge >= 0.3 is 0 Å². The van der Waals surface area contributed by atoms with E-state index in [2.05, 4.69) is 42.2 Å². The summed E-state index contributed by atoms with van der Waals surface area (Å²) >= 11 is 0. The Morgan fingerprint density at radius 3 is 3.06 bits per heavy atom. The number of hydrogen-bond donors (Lipinski definition) is 1. The number of nitrogens with one attached hydrogen (secondary N) is 1. The van der Waals surface area contributed by atoms with Gasteiger partial charge in [0.1, 0.15) is 0 Å². The zero-order chi connectivity index (χ0) is 12.8. The first kappa shape index (κ1) is 13.6. The molecule has 0 aromatic carbocycles. The molecule has 2 rings (SSSR count). The first-order valence-electron chi connectivity index (χ1n) is 7.34. The fraction of sp³-hybridized carbons (Fsp3) is 0.733. The zero-order valence-corrected chi connectivity index (χ0v) is 11.7. The fourth-order valence-electron chi connectivity index (χ4n) is 2.72. The molecule has 0 bridgehead atoms. The van der Waals surface area contributed by atoms with Gasteiger partial charge in [-0.25, -0.2) is 0 Å². The first-order valence-corrected chi connectivity index (χ1v) is 7.34. The third-order valence-corrected chi connectivity index (χ3v) is 3.64. The summed E-state index contributed by atoms with van der Waals surface area (Å²) in [4.78, 5) is 0. The van der Waals surface area contributed by atoms with Crippen molar-refractivity contribution in [1.82, 2.24) is 9.88 Å². The lowest BCUT2D eigenvalue weighted by molar-refractivity contribution is 0.0971. The van der Waals surface area contributed by atoms with Crippen molar-refractivity contribution in [2.24, 2.45) is 0 Å². The standard InChI is InChI=1S/C15H26N2O/c1-3-6-15(16-4-2)13-8-9-17(11-13)12-14-7-5-10-18-14/h8-9,11,14-16H,3-7,10,12H2,1-2H3. The van der Waals surface area contributed by atoms with Crippen LogP contribution in [0.5, 0.6) is 0 Å². The zero-order valence-electron chi connectivity index (χ0n) is 11.7. The van der Waals surface area contributed by atoms with E-state index >= 15 is 0 Å². The van der Waals surface area contributed by atoms with Crippen LogP contribution < -0.4 is 5.32 Å². The summed E-state index contributed by atoms with van der Waals surface area (Å²) < 4.78 is 7.97. The Balaban J connectivity index is 1.94. The highest BCUT2D eigenvalue weighted by Crippen LogP contribution is 2.20. The van der Waals surface area contributed by atoms with E-state index in [9.17, 15) is 0 Å². The molecule has 0 amide bonds. The van der Waals surface area contributed by atoms with E-state index in [1.807, 2.05) is 0 Å². The van der Waals surface area contributed by atoms with Crippen molar-refractivity contribution in [3.05, 3.63) is 24.0 Å². The van der Waals surface area contributed by atoms with Crippen molar-refractivity contribution in [3.8, 4) is 0 Å². The summed E-state index contributed by atoms with van der Waals surface area (Å²) in [6.07, 6.45) is 9.75. The van der Waals surface area contributed by atoms with E-state index in [0.29, 0.717) is 12.1 Å². The van der Waals surface area contributed by atoms with E-state index in [-0.39, 0.29) is 0 Å². The molecule has 1 N–H and O–H groups in total. The largest absolute Gasteiger partial charge is 0.376 e. The molecule has 1 fully saturated rings. The van der Waals surface area contributed by atoms with Crippen LogP contribution in [0, 0.1) is 0 Å². The van der Waals surface area contributed by atoms with Gasteiger partial charge in [0, 0.05) is 31.6 Å². The smallest absolute Gasteiger partial charge is 0.0754 e. The number of aromatic nitrogens is 1. The highest BCUT2D eigenvalue weighted by molar-refractivity contribution is 5.15. The van der Waals surface area contributed by atoms with E-state index in [1.54, 1.807) is 0 Å². The molecular formula is C15H26N2O. The van der Waals surface area contributed by atoms with Crippen LogP contribution >= 0.6 is 0 Å². The highest BCUT2D eigenvalue weighted by atomic mass is 16.5. The van der Waals surface area contributed by atoms with Gasteiger partial charge in [-0.15, -0.1) is 0 Å². The second kappa shape index (κ2) is 6.95. The van der Waals surface area contributed by atoms with Gasteiger partial charge in [0.2, 0.25) is 0 Å². The molecule has 1 aliphatic rings. The maximum Gasteiger partial charge on any atom is 0.0754 e. The van der Waals surface area contributed by atoms with Gasteiger partial charge in [-0.3, -0.25) is 0 Å². The molecule has 1 saturated heterocycles. The summed E-state index contributed by atoms with van der Waals surface area (Å²) in [6.45, 7) is 7.39. The van der Waals surface area contributed by atoms with Crippen LogP contribution in [0.1, 0.15) is 51.1 Å². The number of hydrogen-bond acceptors (Lipinski definition) is 2. The van der Waals surface area contributed by atoms with Crippen molar-refractivity contribution in [2.45, 2.75) is 58.2 Å². The second-order valence-electron chi connectivity index (χ2n) is 5.18. The van der Waals surface area contributed by atoms with E-state index in [1.165, 1.54) is 31.2 Å². The lowest BCUT2D eigenvalue weighted by atomic mass is 10.1. The highest BCUT2D eigenvalue weighted by Gasteiger charge is 2.16. The SMILES string of the molecule is CCCC(NCC)c1ccn(CC2CCCO2)c1. The molecule has 0 radical (unpaired) electrons. The molecule has 3 heteroatoms. The van der Waals surface area contributed by atoms with Gasteiger partial charge in [0.25, 0.3) is 0 Å². The van der Waals surface area contributed by atoms with Gasteiger partial charge in [-0.1, -0.05) is 20.3 Å². The van der Waals surface area contributed by atoms with Crippen LogP contribution in [0.4, 0.5) is 0 Å². The molecule has 2 atom stereocenters. The van der Waals surface area contributed by atoms with Crippen LogP contribution in [-0.4, -0.2) is 23.8 Å². The average Bonchev–Trinajstić information content (AvgIpc) is 3.01. The molecule has 102 valence electrons. The van der Waals surface area contributed by atoms with E-state index in [4.69, 9.17) is 4.74 Å². The number of rotatable bonds is 7. The fourth-order valence-corrected chi connectivity index (χ4v) is 2.72. The molecule has 1 aromatic heterocycles. The Hall–Kier alpha value is -0.800. The molecule has 0 spiro atoms. The second-order valence-corrected chi connectivity index (χ2v) is 5.18. The van der Waals surface area contributed by atoms with Crippen molar-refractivity contribution < 1.29 is 4.74 Å². The van der Waals surface area contributed by atoms with Crippen LogP contribution in [0.2, 0.25) is 0 Å². The van der Waals surface area contributed by atoms with Crippen molar-refractivity contribution in [1.29, 1.82) is 0 Å². The lowest BCUT2D eigenvalue weighted by Gasteiger charge is -2.16. The van der Waals surface area contributed by atoms with Crippen molar-refractivity contribution in [2.75, 3.05) is 13.2 Å². The Bertz CT molecular complexity index is 336. The monoisotopic (exact) mass is 250 g/mol. The Labute approximate surface area is 111 Å². The summed E-state index contributed by atoms with van der Waals surface area (Å²) in [7, 11) is 0. The first-order chi connectivity index (χ1) is 8.83. The maximum atomic E-state index is 5.69. The average molecular weight is 250 g/mol. The third-order valence-electron chi connectivity index (χ3n) is 3.64. The number of ether oxygens (including phenoxy) is 1. The summed E-state index contributed by atoms with van der Waals surface area (Å²) in [5, 5.41) is 3.56. The van der Waals surface area contributed by atoms with Crippen LogP contribution in [-0.2, 0) is 11.3 Å². The normalized spacial score (nSPS) is 21.3. The molecule has 0 aliphatic carbocycles. The maximum absolute atomic E-state index is 5.69. The van der Waals surface area contributed by atoms with Gasteiger partial charge < -0.3 is 14.6 Å². The van der Waals surface area contributed by atoms with Gasteiger partial charge in [0.15, 0.2) is 0 Å². The minimum Gasteiger partial charge on any atom is -0.376 e. The minimum absolute atomic E-state index is 0.425. The molecule has 0 saturated carbocycles. The summed E-state index contributed by atoms with van der Waals surface area (Å²) in [5.41, 5.74) is 1.41. The Morgan fingerprint density at radius 1 is 1.50 bits per heavy atom. The molecule has 18 heavy (non-hydrogen) atoms. The predicted octanol–water partition coefficient (Wildman–Crippen LogP) is 3.12. The molecular weight excluding hydrogens is 224 g/mol. The Morgan fingerprint density at radius 2 is 2.39 bits per heavy atom. The quantitative estimate of drug-likeness (QED) is 0.804. The summed E-state index contributed by atoms with van der Waals surface area (Å²) in [5.74, 6) is 0.